The molecule has 2 aromatic rings. The number of nitrogens with zero attached hydrogens (tertiary/aromatic N) is 1. The van der Waals surface area contributed by atoms with Crippen molar-refractivity contribution in [3.63, 3.8) is 0 Å². The third-order valence-corrected chi connectivity index (χ3v) is 3.45. The summed E-state index contributed by atoms with van der Waals surface area (Å²) in [6.45, 7) is 1.68. The molecule has 1 amide bonds. The third kappa shape index (κ3) is 3.41. The Kier molecular flexibility index (Phi) is 4.75. The van der Waals surface area contributed by atoms with Gasteiger partial charge in [0.1, 0.15) is 0 Å². The van der Waals surface area contributed by atoms with Gasteiger partial charge in [-0.05, 0) is 30.2 Å². The molecule has 2 aromatic carbocycles. The molecule has 7 heteroatoms. The van der Waals surface area contributed by atoms with Gasteiger partial charge in [0.25, 0.3) is 11.6 Å². The van der Waals surface area contributed by atoms with E-state index in [0.29, 0.717) is 11.3 Å². The number of nitro groups is 1. The molecule has 0 aliphatic heterocycles. The van der Waals surface area contributed by atoms with Crippen LogP contribution in [0.4, 0.5) is 11.4 Å². The molecule has 0 atom stereocenters. The van der Waals surface area contributed by atoms with Gasteiger partial charge in [-0.15, -0.1) is 0 Å². The minimum Gasteiger partial charge on any atom is -0.392 e. The number of aryl methyl sites for hydroxylation is 1. The van der Waals surface area contributed by atoms with E-state index in [2.05, 4.69) is 5.32 Å². The number of anilines is 1. The van der Waals surface area contributed by atoms with Gasteiger partial charge in [0.05, 0.1) is 22.1 Å². The first-order valence-corrected chi connectivity index (χ1v) is 6.76. The van der Waals surface area contributed by atoms with E-state index in [1.807, 2.05) is 6.92 Å². The van der Waals surface area contributed by atoms with Gasteiger partial charge in [-0.1, -0.05) is 23.7 Å². The summed E-state index contributed by atoms with van der Waals surface area (Å²) < 4.78 is 0. The van der Waals surface area contributed by atoms with Gasteiger partial charge < -0.3 is 10.4 Å². The average Bonchev–Trinajstić information content (AvgIpc) is 2.49. The number of hydrogen-bond acceptors (Lipinski definition) is 4. The van der Waals surface area contributed by atoms with Crippen LogP contribution in [-0.4, -0.2) is 15.9 Å². The molecule has 114 valence electrons. The van der Waals surface area contributed by atoms with E-state index >= 15 is 0 Å². The fourth-order valence-corrected chi connectivity index (χ4v) is 2.15. The highest BCUT2D eigenvalue weighted by atomic mass is 35.5. The Bertz CT molecular complexity index is 746. The summed E-state index contributed by atoms with van der Waals surface area (Å²) in [5, 5.41) is 22.5. The highest BCUT2D eigenvalue weighted by Crippen LogP contribution is 2.24. The largest absolute Gasteiger partial charge is 0.392 e. The molecule has 0 bridgehead atoms. The molecular formula is C15H13ClN2O4. The number of hydrogen-bond donors (Lipinski definition) is 2. The molecule has 0 saturated carbocycles. The zero-order valence-electron chi connectivity index (χ0n) is 11.7. The SMILES string of the molecule is Cc1ccc(CO)cc1NC(=O)c1ccc([N+](=O)[O-])cc1Cl. The second-order valence-electron chi connectivity index (χ2n) is 4.68. The molecule has 6 nitrogen and oxygen atoms in total. The number of rotatable bonds is 4. The Morgan fingerprint density at radius 3 is 2.64 bits per heavy atom. The van der Waals surface area contributed by atoms with Crippen molar-refractivity contribution >= 4 is 28.9 Å². The lowest BCUT2D eigenvalue weighted by Crippen LogP contribution is -2.13. The number of aliphatic hydroxyl groups is 1. The standard InChI is InChI=1S/C15H13ClN2O4/c1-9-2-3-10(8-19)6-14(9)17-15(20)12-5-4-11(18(21)22)7-13(12)16/h2-7,19H,8H2,1H3,(H,17,20). The highest BCUT2D eigenvalue weighted by molar-refractivity contribution is 6.34. The minimum absolute atomic E-state index is 0.00247. The molecule has 2 rings (SSSR count). The predicted molar refractivity (Wildman–Crippen MR) is 83.2 cm³/mol. The second kappa shape index (κ2) is 6.55. The Labute approximate surface area is 131 Å². The van der Waals surface area contributed by atoms with Crippen molar-refractivity contribution in [1.29, 1.82) is 0 Å². The van der Waals surface area contributed by atoms with Crippen LogP contribution in [0.5, 0.6) is 0 Å². The maximum absolute atomic E-state index is 12.2. The number of nitrogens with one attached hydrogen (secondary N) is 1. The van der Waals surface area contributed by atoms with Gasteiger partial charge in [-0.3, -0.25) is 14.9 Å². The summed E-state index contributed by atoms with van der Waals surface area (Å²) in [5.74, 6) is -0.474. The van der Waals surface area contributed by atoms with Gasteiger partial charge in [-0.25, -0.2) is 0 Å². The van der Waals surface area contributed by atoms with Crippen LogP contribution >= 0.6 is 11.6 Å². The van der Waals surface area contributed by atoms with E-state index in [-0.39, 0.29) is 22.9 Å². The van der Waals surface area contributed by atoms with Crippen molar-refractivity contribution < 1.29 is 14.8 Å². The molecule has 0 radical (unpaired) electrons. The van der Waals surface area contributed by atoms with E-state index in [4.69, 9.17) is 16.7 Å². The maximum Gasteiger partial charge on any atom is 0.270 e. The van der Waals surface area contributed by atoms with Crippen molar-refractivity contribution in [1.82, 2.24) is 0 Å². The second-order valence-corrected chi connectivity index (χ2v) is 5.09. The molecule has 0 fully saturated rings. The number of carbonyl (C=O) groups is 1. The zero-order valence-corrected chi connectivity index (χ0v) is 12.4. The molecule has 2 N–H and O–H groups in total. The van der Waals surface area contributed by atoms with E-state index in [0.717, 1.165) is 11.6 Å². The van der Waals surface area contributed by atoms with E-state index < -0.39 is 10.8 Å². The number of benzene rings is 2. The fraction of sp³-hybridized carbons (Fsp3) is 0.133. The predicted octanol–water partition coefficient (Wildman–Crippen LogP) is 3.30. The molecule has 0 saturated heterocycles. The topological polar surface area (TPSA) is 92.5 Å². The lowest BCUT2D eigenvalue weighted by Gasteiger charge is -2.10. The molecule has 22 heavy (non-hydrogen) atoms. The van der Waals surface area contributed by atoms with Gasteiger partial charge in [0.2, 0.25) is 0 Å². The third-order valence-electron chi connectivity index (χ3n) is 3.14. The van der Waals surface area contributed by atoms with Crippen LogP contribution in [0, 0.1) is 17.0 Å². The quantitative estimate of drug-likeness (QED) is 0.667. The maximum atomic E-state index is 12.2. The molecular weight excluding hydrogens is 308 g/mol. The Balaban J connectivity index is 2.28. The number of nitro benzene ring substituents is 1. The van der Waals surface area contributed by atoms with Crippen molar-refractivity contribution in [3.05, 3.63) is 68.2 Å². The van der Waals surface area contributed by atoms with Crippen molar-refractivity contribution in [2.45, 2.75) is 13.5 Å². The Morgan fingerprint density at radius 2 is 2.05 bits per heavy atom. The van der Waals surface area contributed by atoms with Crippen LogP contribution in [0.15, 0.2) is 36.4 Å². The molecule has 0 unspecified atom stereocenters. The molecule has 0 aliphatic rings. The van der Waals surface area contributed by atoms with Gasteiger partial charge >= 0.3 is 0 Å². The fourth-order valence-electron chi connectivity index (χ4n) is 1.89. The Hall–Kier alpha value is -2.44. The monoisotopic (exact) mass is 320 g/mol. The highest BCUT2D eigenvalue weighted by Gasteiger charge is 2.15. The van der Waals surface area contributed by atoms with E-state index in [1.54, 1.807) is 18.2 Å². The first kappa shape index (κ1) is 15.9. The molecule has 0 spiro atoms. The van der Waals surface area contributed by atoms with Gasteiger partial charge in [0.15, 0.2) is 0 Å². The van der Waals surface area contributed by atoms with Gasteiger partial charge in [0, 0.05) is 17.8 Å². The van der Waals surface area contributed by atoms with Crippen LogP contribution in [0.1, 0.15) is 21.5 Å². The average molecular weight is 321 g/mol. The summed E-state index contributed by atoms with van der Waals surface area (Å²) >= 11 is 5.93. The lowest BCUT2D eigenvalue weighted by atomic mass is 10.1. The van der Waals surface area contributed by atoms with Crippen LogP contribution in [0.3, 0.4) is 0 Å². The number of halogens is 1. The summed E-state index contributed by atoms with van der Waals surface area (Å²) in [6, 6.07) is 8.85. The normalized spacial score (nSPS) is 10.3. The Morgan fingerprint density at radius 1 is 1.32 bits per heavy atom. The molecule has 0 aliphatic carbocycles. The van der Waals surface area contributed by atoms with Crippen molar-refractivity contribution in [2.24, 2.45) is 0 Å². The molecule has 0 heterocycles. The summed E-state index contributed by atoms with van der Waals surface area (Å²) in [7, 11) is 0. The number of aliphatic hydroxyl groups excluding tert-OH is 1. The van der Waals surface area contributed by atoms with Crippen molar-refractivity contribution in [3.8, 4) is 0 Å². The van der Waals surface area contributed by atoms with E-state index in [1.165, 1.54) is 12.1 Å². The van der Waals surface area contributed by atoms with Crippen LogP contribution in [0.25, 0.3) is 0 Å². The van der Waals surface area contributed by atoms with Crippen LogP contribution < -0.4 is 5.32 Å². The van der Waals surface area contributed by atoms with Crippen molar-refractivity contribution in [2.75, 3.05) is 5.32 Å². The summed E-state index contributed by atoms with van der Waals surface area (Å²) in [6.07, 6.45) is 0. The number of amides is 1. The first-order valence-electron chi connectivity index (χ1n) is 6.38. The lowest BCUT2D eigenvalue weighted by molar-refractivity contribution is -0.384. The van der Waals surface area contributed by atoms with Crippen LogP contribution in [-0.2, 0) is 6.61 Å². The minimum atomic E-state index is -0.581. The summed E-state index contributed by atoms with van der Waals surface area (Å²) in [5.41, 5.74) is 1.99. The smallest absolute Gasteiger partial charge is 0.270 e. The van der Waals surface area contributed by atoms with Gasteiger partial charge in [-0.2, -0.15) is 0 Å². The first-order chi connectivity index (χ1) is 10.4. The zero-order chi connectivity index (χ0) is 16.3. The number of non-ortho nitro benzene ring substituents is 1. The summed E-state index contributed by atoms with van der Waals surface area (Å²) in [4.78, 5) is 22.3. The van der Waals surface area contributed by atoms with Crippen LogP contribution in [0.2, 0.25) is 5.02 Å². The molecule has 0 aromatic heterocycles. The number of carbonyl (C=O) groups excluding carboxylic acids is 1. The van der Waals surface area contributed by atoms with E-state index in [9.17, 15) is 14.9 Å².